The maximum absolute atomic E-state index is 5.81. The summed E-state index contributed by atoms with van der Waals surface area (Å²) in [6, 6.07) is 0. The largest absolute Gasteiger partial charge is 0.330 e. The number of nitrogens with two attached hydrogens (primary N) is 1. The van der Waals surface area contributed by atoms with Gasteiger partial charge in [0.15, 0.2) is 0 Å². The molecule has 0 aromatic heterocycles. The van der Waals surface area contributed by atoms with Crippen molar-refractivity contribution in [3.63, 3.8) is 0 Å². The van der Waals surface area contributed by atoms with Crippen molar-refractivity contribution in [1.82, 2.24) is 5.32 Å². The van der Waals surface area contributed by atoms with Gasteiger partial charge in [0.05, 0.1) is 0 Å². The van der Waals surface area contributed by atoms with Crippen LogP contribution in [-0.4, -0.2) is 19.6 Å². The van der Waals surface area contributed by atoms with Crippen molar-refractivity contribution < 1.29 is 0 Å². The molecule has 1 aliphatic carbocycles. The van der Waals surface area contributed by atoms with Crippen LogP contribution in [0.25, 0.3) is 0 Å². The minimum atomic E-state index is 0.636. The van der Waals surface area contributed by atoms with Gasteiger partial charge in [-0.15, -0.1) is 0 Å². The quantitative estimate of drug-likeness (QED) is 0.668. The highest BCUT2D eigenvalue weighted by Gasteiger charge is 2.34. The zero-order chi connectivity index (χ0) is 12.0. The van der Waals surface area contributed by atoms with Gasteiger partial charge in [-0.2, -0.15) is 0 Å². The van der Waals surface area contributed by atoms with Gasteiger partial charge in [0, 0.05) is 6.54 Å². The van der Waals surface area contributed by atoms with Gasteiger partial charge in [0.2, 0.25) is 0 Å². The molecule has 3 N–H and O–H groups in total. The monoisotopic (exact) mass is 226 g/mol. The molecular formula is C14H30N2. The molecule has 1 fully saturated rings. The van der Waals surface area contributed by atoms with Gasteiger partial charge < -0.3 is 11.1 Å². The summed E-state index contributed by atoms with van der Waals surface area (Å²) in [6.07, 6.45) is 6.86. The van der Waals surface area contributed by atoms with E-state index in [-0.39, 0.29) is 0 Å². The van der Waals surface area contributed by atoms with Gasteiger partial charge in [-0.25, -0.2) is 0 Å². The molecule has 1 saturated carbocycles. The maximum Gasteiger partial charge on any atom is 0.000783 e. The summed E-state index contributed by atoms with van der Waals surface area (Å²) in [7, 11) is 0. The molecule has 0 radical (unpaired) electrons. The number of hydrogen-bond donors (Lipinski definition) is 2. The fourth-order valence-corrected chi connectivity index (χ4v) is 2.80. The molecule has 1 unspecified atom stereocenters. The lowest BCUT2D eigenvalue weighted by molar-refractivity contribution is 0.122. The first-order valence-electron chi connectivity index (χ1n) is 7.02. The molecule has 0 bridgehead atoms. The second-order valence-electron chi connectivity index (χ2n) is 6.07. The second-order valence-corrected chi connectivity index (χ2v) is 6.07. The van der Waals surface area contributed by atoms with E-state index < -0.39 is 0 Å². The Morgan fingerprint density at radius 3 is 2.38 bits per heavy atom. The Labute approximate surface area is 101 Å². The predicted molar refractivity (Wildman–Crippen MR) is 71.4 cm³/mol. The van der Waals surface area contributed by atoms with Gasteiger partial charge in [0.1, 0.15) is 0 Å². The van der Waals surface area contributed by atoms with Crippen LogP contribution in [0.4, 0.5) is 0 Å². The molecule has 0 saturated heterocycles. The van der Waals surface area contributed by atoms with E-state index in [0.717, 1.165) is 19.0 Å². The molecule has 0 spiro atoms. The van der Waals surface area contributed by atoms with Crippen LogP contribution in [0.5, 0.6) is 0 Å². The van der Waals surface area contributed by atoms with Crippen molar-refractivity contribution >= 4 is 0 Å². The van der Waals surface area contributed by atoms with Crippen LogP contribution in [0.2, 0.25) is 0 Å². The molecule has 2 heteroatoms. The first-order chi connectivity index (χ1) is 7.62. The Morgan fingerprint density at radius 2 is 2.00 bits per heavy atom. The summed E-state index contributed by atoms with van der Waals surface area (Å²) in [4.78, 5) is 0. The Hall–Kier alpha value is -0.0800. The van der Waals surface area contributed by atoms with E-state index in [9.17, 15) is 0 Å². The van der Waals surface area contributed by atoms with Gasteiger partial charge in [-0.05, 0) is 56.0 Å². The van der Waals surface area contributed by atoms with Crippen LogP contribution < -0.4 is 11.1 Å². The molecule has 16 heavy (non-hydrogen) atoms. The number of hydrogen-bond acceptors (Lipinski definition) is 2. The van der Waals surface area contributed by atoms with Gasteiger partial charge in [0.25, 0.3) is 0 Å². The fraction of sp³-hybridized carbons (Fsp3) is 1.00. The SMILES string of the molecule is CCC1(CNCC(CN)CC(C)C)CCC1. The van der Waals surface area contributed by atoms with Crippen molar-refractivity contribution in [1.29, 1.82) is 0 Å². The van der Waals surface area contributed by atoms with Crippen LogP contribution in [0, 0.1) is 17.3 Å². The molecule has 2 nitrogen and oxygen atoms in total. The smallest absolute Gasteiger partial charge is 0.000783 e. The summed E-state index contributed by atoms with van der Waals surface area (Å²) in [5, 5.41) is 3.66. The average molecular weight is 226 g/mol. The van der Waals surface area contributed by atoms with E-state index in [1.165, 1.54) is 38.6 Å². The Bertz CT molecular complexity index is 180. The van der Waals surface area contributed by atoms with Crippen LogP contribution in [0.3, 0.4) is 0 Å². The molecule has 0 amide bonds. The summed E-state index contributed by atoms with van der Waals surface area (Å²) < 4.78 is 0. The lowest BCUT2D eigenvalue weighted by Gasteiger charge is -2.42. The first kappa shape index (κ1) is 14.0. The topological polar surface area (TPSA) is 38.0 Å². The van der Waals surface area contributed by atoms with Crippen molar-refractivity contribution in [3.05, 3.63) is 0 Å². The molecule has 1 aliphatic rings. The molecule has 0 aromatic carbocycles. The molecule has 0 aliphatic heterocycles. The average Bonchev–Trinajstić information content (AvgIpc) is 2.19. The number of rotatable bonds is 8. The zero-order valence-corrected chi connectivity index (χ0v) is 11.4. The lowest BCUT2D eigenvalue weighted by Crippen LogP contribution is -2.41. The summed E-state index contributed by atoms with van der Waals surface area (Å²) in [6.45, 7) is 10.0. The second kappa shape index (κ2) is 6.61. The highest BCUT2D eigenvalue weighted by molar-refractivity contribution is 4.88. The van der Waals surface area contributed by atoms with E-state index in [4.69, 9.17) is 5.73 Å². The fourth-order valence-electron chi connectivity index (χ4n) is 2.80. The minimum Gasteiger partial charge on any atom is -0.330 e. The van der Waals surface area contributed by atoms with Gasteiger partial charge in [-0.3, -0.25) is 0 Å². The molecule has 1 rings (SSSR count). The van der Waals surface area contributed by atoms with Crippen molar-refractivity contribution in [2.24, 2.45) is 23.0 Å². The third-order valence-electron chi connectivity index (χ3n) is 4.24. The van der Waals surface area contributed by atoms with Crippen LogP contribution >= 0.6 is 0 Å². The van der Waals surface area contributed by atoms with Gasteiger partial charge in [-0.1, -0.05) is 27.2 Å². The van der Waals surface area contributed by atoms with Crippen molar-refractivity contribution in [2.45, 2.75) is 52.9 Å². The predicted octanol–water partition coefficient (Wildman–Crippen LogP) is 2.78. The first-order valence-corrected chi connectivity index (χ1v) is 7.02. The highest BCUT2D eigenvalue weighted by Crippen LogP contribution is 2.43. The van der Waals surface area contributed by atoms with Gasteiger partial charge >= 0.3 is 0 Å². The number of nitrogens with one attached hydrogen (secondary N) is 1. The highest BCUT2D eigenvalue weighted by atomic mass is 14.9. The summed E-state index contributed by atoms with van der Waals surface area (Å²) >= 11 is 0. The van der Waals surface area contributed by atoms with Crippen LogP contribution in [-0.2, 0) is 0 Å². The summed E-state index contributed by atoms with van der Waals surface area (Å²) in [5.41, 5.74) is 6.45. The summed E-state index contributed by atoms with van der Waals surface area (Å²) in [5.74, 6) is 1.42. The van der Waals surface area contributed by atoms with Crippen LogP contribution in [0.1, 0.15) is 52.9 Å². The Kier molecular flexibility index (Phi) is 5.77. The van der Waals surface area contributed by atoms with Crippen molar-refractivity contribution in [3.8, 4) is 0 Å². The van der Waals surface area contributed by atoms with E-state index in [1.807, 2.05) is 0 Å². The normalized spacial score (nSPS) is 20.8. The molecule has 0 aromatic rings. The van der Waals surface area contributed by atoms with E-state index in [0.29, 0.717) is 11.3 Å². The molecule has 1 atom stereocenters. The van der Waals surface area contributed by atoms with E-state index >= 15 is 0 Å². The van der Waals surface area contributed by atoms with Crippen LogP contribution in [0.15, 0.2) is 0 Å². The van der Waals surface area contributed by atoms with Crippen molar-refractivity contribution in [2.75, 3.05) is 19.6 Å². The van der Waals surface area contributed by atoms with E-state index in [1.54, 1.807) is 0 Å². The molecule has 0 heterocycles. The standard InChI is InChI=1S/C14H30N2/c1-4-14(6-5-7-14)11-16-10-13(9-15)8-12(2)3/h12-13,16H,4-11,15H2,1-3H3. The maximum atomic E-state index is 5.81. The Balaban J connectivity index is 2.17. The van der Waals surface area contributed by atoms with E-state index in [2.05, 4.69) is 26.1 Å². The lowest BCUT2D eigenvalue weighted by atomic mass is 9.67. The third-order valence-corrected chi connectivity index (χ3v) is 4.24. The Morgan fingerprint density at radius 1 is 1.31 bits per heavy atom. The molecule has 96 valence electrons. The third kappa shape index (κ3) is 4.06. The molecular weight excluding hydrogens is 196 g/mol. The zero-order valence-electron chi connectivity index (χ0n) is 11.4. The minimum absolute atomic E-state index is 0.636.